The van der Waals surface area contributed by atoms with Gasteiger partial charge < -0.3 is 23.9 Å². The van der Waals surface area contributed by atoms with Crippen LogP contribution in [0.3, 0.4) is 0 Å². The van der Waals surface area contributed by atoms with Crippen molar-refractivity contribution in [3.63, 3.8) is 0 Å². The second-order valence-electron chi connectivity index (χ2n) is 9.31. The second-order valence-corrected chi connectivity index (χ2v) is 9.84. The Hall–Kier alpha value is -4.11. The fraction of sp³-hybridized carbons (Fsp3) is 0.250. The summed E-state index contributed by atoms with van der Waals surface area (Å²) < 4.78 is 27.9. The number of aromatic carboxylic acids is 1. The highest BCUT2D eigenvalue weighted by atomic mass is 32.1. The molecule has 0 aliphatic carbocycles. The van der Waals surface area contributed by atoms with E-state index in [1.54, 1.807) is 7.11 Å². The first-order valence-electron chi connectivity index (χ1n) is 12.0. The standard InChI is InChI=1S/C28H25N3O5S/c1-15(2)36-25-13-22-19(12-24(25)34-3)26(18-5-7-23-17(11-18)8-9-35-23)27(28(32)33)31(22)14-16-4-6-20-21(10-16)30-37-29-20/h4-7,10-13,15H,8-9,14H2,1-3H3,(H,32,33). The molecule has 188 valence electrons. The summed E-state index contributed by atoms with van der Waals surface area (Å²) in [5.41, 5.74) is 6.03. The Morgan fingerprint density at radius 3 is 2.73 bits per heavy atom. The van der Waals surface area contributed by atoms with Crippen LogP contribution in [0.4, 0.5) is 0 Å². The number of methoxy groups -OCH3 is 1. The maximum Gasteiger partial charge on any atom is 0.353 e. The van der Waals surface area contributed by atoms with Gasteiger partial charge in [0, 0.05) is 30.0 Å². The highest BCUT2D eigenvalue weighted by molar-refractivity contribution is 7.00. The van der Waals surface area contributed by atoms with Gasteiger partial charge in [-0.2, -0.15) is 8.75 Å². The quantitative estimate of drug-likeness (QED) is 0.293. The summed E-state index contributed by atoms with van der Waals surface area (Å²) in [4.78, 5) is 12.9. The Kier molecular flexibility index (Phi) is 5.72. The average molecular weight is 516 g/mol. The van der Waals surface area contributed by atoms with E-state index in [2.05, 4.69) is 8.75 Å². The van der Waals surface area contributed by atoms with Crippen molar-refractivity contribution in [3.05, 3.63) is 65.4 Å². The molecular formula is C28H25N3O5S. The molecule has 1 aliphatic heterocycles. The van der Waals surface area contributed by atoms with Crippen molar-refractivity contribution in [3.8, 4) is 28.4 Å². The molecule has 0 fully saturated rings. The molecule has 8 nitrogen and oxygen atoms in total. The Morgan fingerprint density at radius 1 is 1.11 bits per heavy atom. The van der Waals surface area contributed by atoms with Crippen molar-refractivity contribution < 1.29 is 24.1 Å². The normalized spacial score (nSPS) is 12.8. The fourth-order valence-electron chi connectivity index (χ4n) is 4.99. The third-order valence-corrected chi connectivity index (χ3v) is 7.11. The number of carbonyl (C=O) groups is 1. The van der Waals surface area contributed by atoms with Crippen molar-refractivity contribution in [2.75, 3.05) is 13.7 Å². The zero-order valence-electron chi connectivity index (χ0n) is 20.6. The molecule has 1 aliphatic rings. The lowest BCUT2D eigenvalue weighted by atomic mass is 9.98. The molecule has 3 aromatic carbocycles. The summed E-state index contributed by atoms with van der Waals surface area (Å²) in [6, 6.07) is 15.5. The van der Waals surface area contributed by atoms with Gasteiger partial charge in [-0.05, 0) is 60.9 Å². The van der Waals surface area contributed by atoms with E-state index in [1.807, 2.05) is 66.9 Å². The second kappa shape index (κ2) is 9.08. The first-order valence-corrected chi connectivity index (χ1v) is 12.8. The van der Waals surface area contributed by atoms with Crippen LogP contribution in [0.5, 0.6) is 17.2 Å². The van der Waals surface area contributed by atoms with Gasteiger partial charge in [-0.3, -0.25) is 0 Å². The predicted molar refractivity (Wildman–Crippen MR) is 142 cm³/mol. The van der Waals surface area contributed by atoms with Crippen molar-refractivity contribution in [1.82, 2.24) is 13.3 Å². The van der Waals surface area contributed by atoms with Crippen LogP contribution in [0.1, 0.15) is 35.5 Å². The van der Waals surface area contributed by atoms with Crippen molar-refractivity contribution in [1.29, 1.82) is 0 Å². The minimum absolute atomic E-state index is 0.0792. The predicted octanol–water partition coefficient (Wildman–Crippen LogP) is 5.79. The molecule has 37 heavy (non-hydrogen) atoms. The first kappa shape index (κ1) is 23.3. The van der Waals surface area contributed by atoms with Gasteiger partial charge in [0.2, 0.25) is 0 Å². The Morgan fingerprint density at radius 2 is 1.95 bits per heavy atom. The van der Waals surface area contributed by atoms with Crippen LogP contribution in [0.2, 0.25) is 0 Å². The number of carboxylic acids is 1. The number of nitrogens with zero attached hydrogens (tertiary/aromatic N) is 3. The summed E-state index contributed by atoms with van der Waals surface area (Å²) in [5.74, 6) is 0.953. The highest BCUT2D eigenvalue weighted by Crippen LogP contribution is 2.43. The monoisotopic (exact) mass is 515 g/mol. The molecule has 1 N–H and O–H groups in total. The molecule has 0 bridgehead atoms. The first-order chi connectivity index (χ1) is 17.9. The van der Waals surface area contributed by atoms with E-state index in [-0.39, 0.29) is 11.8 Å². The van der Waals surface area contributed by atoms with Crippen molar-refractivity contribution in [2.24, 2.45) is 0 Å². The summed E-state index contributed by atoms with van der Waals surface area (Å²) in [5, 5.41) is 11.3. The molecule has 0 amide bonds. The Balaban J connectivity index is 1.63. The summed E-state index contributed by atoms with van der Waals surface area (Å²) in [6.07, 6.45) is 0.714. The van der Waals surface area contributed by atoms with Gasteiger partial charge in [-0.1, -0.05) is 12.1 Å². The Labute approximate surface area is 217 Å². The third-order valence-electron chi connectivity index (χ3n) is 6.55. The minimum Gasteiger partial charge on any atom is -0.493 e. The molecule has 0 radical (unpaired) electrons. The van der Waals surface area contributed by atoms with E-state index in [9.17, 15) is 9.90 Å². The van der Waals surface area contributed by atoms with Crippen molar-refractivity contribution >= 4 is 39.6 Å². The van der Waals surface area contributed by atoms with E-state index in [0.717, 1.165) is 62.5 Å². The number of fused-ring (bicyclic) bond motifs is 3. The third kappa shape index (κ3) is 4.05. The minimum atomic E-state index is -1.01. The van der Waals surface area contributed by atoms with Gasteiger partial charge in [0.25, 0.3) is 0 Å². The smallest absolute Gasteiger partial charge is 0.353 e. The molecule has 0 unspecified atom stereocenters. The van der Waals surface area contributed by atoms with Gasteiger partial charge in [0.1, 0.15) is 22.5 Å². The number of benzene rings is 3. The molecule has 0 saturated carbocycles. The lowest BCUT2D eigenvalue weighted by Crippen LogP contribution is -2.11. The van der Waals surface area contributed by atoms with Crippen LogP contribution in [0.15, 0.2) is 48.5 Å². The summed E-state index contributed by atoms with van der Waals surface area (Å²) in [7, 11) is 1.59. The molecule has 0 spiro atoms. The van der Waals surface area contributed by atoms with Crippen LogP contribution >= 0.6 is 11.7 Å². The largest absolute Gasteiger partial charge is 0.493 e. The molecule has 0 saturated heterocycles. The molecule has 3 heterocycles. The maximum absolute atomic E-state index is 12.9. The average Bonchev–Trinajstić information content (AvgIpc) is 3.60. The van der Waals surface area contributed by atoms with Gasteiger partial charge >= 0.3 is 5.97 Å². The zero-order valence-corrected chi connectivity index (χ0v) is 21.5. The molecule has 9 heteroatoms. The molecule has 2 aromatic heterocycles. The van der Waals surface area contributed by atoms with Crippen LogP contribution in [0, 0.1) is 0 Å². The lowest BCUT2D eigenvalue weighted by Gasteiger charge is -2.15. The highest BCUT2D eigenvalue weighted by Gasteiger charge is 2.27. The van der Waals surface area contributed by atoms with Gasteiger partial charge in [0.05, 0.1) is 37.1 Å². The van der Waals surface area contributed by atoms with E-state index in [4.69, 9.17) is 14.2 Å². The van der Waals surface area contributed by atoms with E-state index in [0.29, 0.717) is 30.2 Å². The maximum atomic E-state index is 12.9. The molecule has 6 rings (SSSR count). The van der Waals surface area contributed by atoms with E-state index >= 15 is 0 Å². The number of hydrogen-bond donors (Lipinski definition) is 1. The van der Waals surface area contributed by atoms with Gasteiger partial charge in [-0.25, -0.2) is 4.79 Å². The summed E-state index contributed by atoms with van der Waals surface area (Å²) in [6.45, 7) is 4.86. The van der Waals surface area contributed by atoms with Crippen LogP contribution in [-0.2, 0) is 13.0 Å². The SMILES string of the molecule is COc1cc2c(-c3ccc4c(c3)CCO4)c(C(=O)O)n(Cc3ccc4nsnc4c3)c2cc1OC(C)C. The van der Waals surface area contributed by atoms with Gasteiger partial charge in [-0.15, -0.1) is 0 Å². The van der Waals surface area contributed by atoms with Crippen molar-refractivity contribution in [2.45, 2.75) is 32.9 Å². The van der Waals surface area contributed by atoms with Crippen LogP contribution in [-0.4, -0.2) is 44.2 Å². The van der Waals surface area contributed by atoms with Crippen LogP contribution in [0.25, 0.3) is 33.1 Å². The fourth-order valence-corrected chi connectivity index (χ4v) is 5.51. The van der Waals surface area contributed by atoms with Gasteiger partial charge in [0.15, 0.2) is 11.5 Å². The molecule has 5 aromatic rings. The van der Waals surface area contributed by atoms with Crippen LogP contribution < -0.4 is 14.2 Å². The summed E-state index contributed by atoms with van der Waals surface area (Å²) >= 11 is 1.16. The topological polar surface area (TPSA) is 95.7 Å². The number of hydrogen-bond acceptors (Lipinski definition) is 7. The number of carboxylic acid groups (broad SMARTS) is 1. The number of ether oxygens (including phenoxy) is 3. The number of rotatable bonds is 7. The molecular weight excluding hydrogens is 490 g/mol. The van der Waals surface area contributed by atoms with E-state index in [1.165, 1.54) is 0 Å². The van der Waals surface area contributed by atoms with E-state index < -0.39 is 5.97 Å². The lowest BCUT2D eigenvalue weighted by molar-refractivity contribution is 0.0687. The molecule has 0 atom stereocenters. The number of aromatic nitrogens is 3. The zero-order chi connectivity index (χ0) is 25.7. The Bertz CT molecular complexity index is 1670.